The van der Waals surface area contributed by atoms with Crippen LogP contribution >= 0.6 is 11.3 Å². The molecule has 1 heterocycles. The minimum Gasteiger partial charge on any atom is -0.469 e. The molecule has 3 nitrogen and oxygen atoms in total. The number of rotatable bonds is 5. The highest BCUT2D eigenvalue weighted by Crippen LogP contribution is 2.15. The fraction of sp³-hybridized carbons (Fsp3) is 0.400. The van der Waals surface area contributed by atoms with Gasteiger partial charge in [-0.15, -0.1) is 0 Å². The number of methoxy groups -OCH3 is 1. The molecule has 0 aromatic carbocycles. The Morgan fingerprint density at radius 1 is 1.79 bits per heavy atom. The quantitative estimate of drug-likeness (QED) is 0.599. The lowest BCUT2D eigenvalue weighted by molar-refractivity contribution is -0.145. The first-order valence-corrected chi connectivity index (χ1v) is 5.30. The summed E-state index contributed by atoms with van der Waals surface area (Å²) in [6.45, 7) is 0. The highest BCUT2D eigenvalue weighted by Gasteiger charge is 2.18. The normalized spacial score (nSPS) is 12.1. The van der Waals surface area contributed by atoms with E-state index in [0.29, 0.717) is 12.8 Å². The van der Waals surface area contributed by atoms with E-state index < -0.39 is 0 Å². The number of thiophene rings is 1. The highest BCUT2D eigenvalue weighted by atomic mass is 32.1. The number of esters is 1. The van der Waals surface area contributed by atoms with Crippen molar-refractivity contribution < 1.29 is 9.53 Å². The first-order chi connectivity index (χ1) is 6.77. The average molecular weight is 211 g/mol. The lowest BCUT2D eigenvalue weighted by atomic mass is 9.99. The van der Waals surface area contributed by atoms with E-state index >= 15 is 0 Å². The molecule has 1 aromatic heterocycles. The van der Waals surface area contributed by atoms with E-state index in [2.05, 4.69) is 4.74 Å². The van der Waals surface area contributed by atoms with Gasteiger partial charge in [-0.25, -0.2) is 0 Å². The van der Waals surface area contributed by atoms with Crippen LogP contribution in [-0.4, -0.2) is 19.3 Å². The van der Waals surface area contributed by atoms with E-state index in [1.807, 2.05) is 16.8 Å². The molecular formula is C10H13NO2S. The Labute approximate surface area is 87.2 Å². The Hall–Kier alpha value is -1.16. The van der Waals surface area contributed by atoms with Crippen molar-refractivity contribution in [1.29, 1.82) is 5.41 Å². The molecule has 1 aromatic rings. The van der Waals surface area contributed by atoms with Crippen molar-refractivity contribution in [3.8, 4) is 0 Å². The van der Waals surface area contributed by atoms with E-state index in [1.54, 1.807) is 11.3 Å². The lowest BCUT2D eigenvalue weighted by Gasteiger charge is -2.10. The minimum atomic E-state index is -0.236. The number of hydrogen-bond donors (Lipinski definition) is 1. The SMILES string of the molecule is COC(=O)C(CC=N)Cc1ccsc1. The van der Waals surface area contributed by atoms with Gasteiger partial charge >= 0.3 is 5.97 Å². The Balaban J connectivity index is 2.59. The Morgan fingerprint density at radius 3 is 3.07 bits per heavy atom. The van der Waals surface area contributed by atoms with Crippen molar-refractivity contribution in [2.75, 3.05) is 7.11 Å². The number of hydrogen-bond acceptors (Lipinski definition) is 4. The van der Waals surface area contributed by atoms with Gasteiger partial charge in [0, 0.05) is 0 Å². The highest BCUT2D eigenvalue weighted by molar-refractivity contribution is 7.07. The van der Waals surface area contributed by atoms with Gasteiger partial charge < -0.3 is 10.1 Å². The van der Waals surface area contributed by atoms with E-state index in [9.17, 15) is 4.79 Å². The largest absolute Gasteiger partial charge is 0.469 e. The Morgan fingerprint density at radius 2 is 2.57 bits per heavy atom. The molecule has 0 aliphatic carbocycles. The summed E-state index contributed by atoms with van der Waals surface area (Å²) in [7, 11) is 1.38. The number of ether oxygens (including phenoxy) is 1. The molecule has 1 rings (SSSR count). The second-order valence-corrected chi connectivity index (χ2v) is 3.78. The summed E-state index contributed by atoms with van der Waals surface area (Å²) in [5.74, 6) is -0.452. The maximum absolute atomic E-state index is 11.3. The van der Waals surface area contributed by atoms with Crippen molar-refractivity contribution in [2.24, 2.45) is 5.92 Å². The molecule has 76 valence electrons. The van der Waals surface area contributed by atoms with Gasteiger partial charge in [0.05, 0.1) is 13.0 Å². The van der Waals surface area contributed by atoms with Gasteiger partial charge in [0.1, 0.15) is 0 Å². The summed E-state index contributed by atoms with van der Waals surface area (Å²) < 4.78 is 4.67. The van der Waals surface area contributed by atoms with E-state index in [0.717, 1.165) is 5.56 Å². The van der Waals surface area contributed by atoms with Crippen LogP contribution in [0.3, 0.4) is 0 Å². The number of carbonyl (C=O) groups excluding carboxylic acids is 1. The first kappa shape index (κ1) is 10.9. The third-order valence-corrected chi connectivity index (χ3v) is 2.73. The van der Waals surface area contributed by atoms with Crippen molar-refractivity contribution >= 4 is 23.5 Å². The molecule has 1 atom stereocenters. The zero-order valence-corrected chi connectivity index (χ0v) is 8.84. The van der Waals surface area contributed by atoms with Crippen LogP contribution in [0.1, 0.15) is 12.0 Å². The smallest absolute Gasteiger partial charge is 0.309 e. The molecule has 0 amide bonds. The third kappa shape index (κ3) is 2.96. The summed E-state index contributed by atoms with van der Waals surface area (Å²) >= 11 is 1.61. The van der Waals surface area contributed by atoms with Gasteiger partial charge in [-0.1, -0.05) is 0 Å². The summed E-state index contributed by atoms with van der Waals surface area (Å²) in [6, 6.07) is 1.99. The summed E-state index contributed by atoms with van der Waals surface area (Å²) in [6.07, 6.45) is 2.36. The summed E-state index contributed by atoms with van der Waals surface area (Å²) in [5, 5.41) is 11.0. The minimum absolute atomic E-state index is 0.216. The molecule has 0 spiro atoms. The van der Waals surface area contributed by atoms with Gasteiger partial charge in [-0.05, 0) is 41.4 Å². The van der Waals surface area contributed by atoms with E-state index in [-0.39, 0.29) is 11.9 Å². The molecule has 0 saturated carbocycles. The molecule has 0 fully saturated rings. The van der Waals surface area contributed by atoms with E-state index in [4.69, 9.17) is 5.41 Å². The van der Waals surface area contributed by atoms with Gasteiger partial charge in [0.15, 0.2) is 0 Å². The zero-order chi connectivity index (χ0) is 10.4. The molecule has 4 heteroatoms. The Bertz CT molecular complexity index is 295. The van der Waals surface area contributed by atoms with Crippen LogP contribution in [0.15, 0.2) is 16.8 Å². The third-order valence-electron chi connectivity index (χ3n) is 2.00. The molecule has 0 aliphatic rings. The van der Waals surface area contributed by atoms with Gasteiger partial charge in [0.25, 0.3) is 0 Å². The van der Waals surface area contributed by atoms with Crippen LogP contribution in [-0.2, 0) is 16.0 Å². The van der Waals surface area contributed by atoms with E-state index in [1.165, 1.54) is 13.3 Å². The summed E-state index contributed by atoms with van der Waals surface area (Å²) in [5.41, 5.74) is 1.13. The van der Waals surface area contributed by atoms with Crippen LogP contribution < -0.4 is 0 Å². The second-order valence-electron chi connectivity index (χ2n) is 3.00. The van der Waals surface area contributed by atoms with Crippen molar-refractivity contribution in [3.63, 3.8) is 0 Å². The van der Waals surface area contributed by atoms with Crippen LogP contribution in [0.2, 0.25) is 0 Å². The molecule has 0 aliphatic heterocycles. The van der Waals surface area contributed by atoms with Crippen LogP contribution in [0.5, 0.6) is 0 Å². The van der Waals surface area contributed by atoms with Crippen molar-refractivity contribution in [1.82, 2.24) is 0 Å². The Kier molecular flexibility index (Phi) is 4.32. The average Bonchev–Trinajstić information content (AvgIpc) is 2.68. The standard InChI is InChI=1S/C10H13NO2S/c1-13-10(12)9(2-4-11)6-8-3-5-14-7-8/h3-5,7,9,11H,2,6H2,1H3. The molecule has 0 bridgehead atoms. The van der Waals surface area contributed by atoms with Gasteiger partial charge in [-0.2, -0.15) is 11.3 Å². The molecule has 1 N–H and O–H groups in total. The summed E-state index contributed by atoms with van der Waals surface area (Å²) in [4.78, 5) is 11.3. The van der Waals surface area contributed by atoms with Crippen LogP contribution in [0.4, 0.5) is 0 Å². The fourth-order valence-electron chi connectivity index (χ4n) is 1.27. The van der Waals surface area contributed by atoms with Crippen molar-refractivity contribution in [2.45, 2.75) is 12.8 Å². The lowest BCUT2D eigenvalue weighted by Crippen LogP contribution is -2.18. The monoisotopic (exact) mass is 211 g/mol. The van der Waals surface area contributed by atoms with Gasteiger partial charge in [-0.3, -0.25) is 4.79 Å². The predicted molar refractivity (Wildman–Crippen MR) is 56.9 cm³/mol. The molecule has 14 heavy (non-hydrogen) atoms. The number of carbonyl (C=O) groups is 1. The molecular weight excluding hydrogens is 198 g/mol. The molecule has 0 radical (unpaired) electrons. The second kappa shape index (κ2) is 5.54. The first-order valence-electron chi connectivity index (χ1n) is 4.35. The molecule has 0 saturated heterocycles. The van der Waals surface area contributed by atoms with Crippen LogP contribution in [0, 0.1) is 11.3 Å². The maximum Gasteiger partial charge on any atom is 0.309 e. The van der Waals surface area contributed by atoms with Crippen molar-refractivity contribution in [3.05, 3.63) is 22.4 Å². The molecule has 1 unspecified atom stereocenters. The zero-order valence-electron chi connectivity index (χ0n) is 8.03. The predicted octanol–water partition coefficient (Wildman–Crippen LogP) is 2.12. The van der Waals surface area contributed by atoms with Gasteiger partial charge in [0.2, 0.25) is 0 Å². The topological polar surface area (TPSA) is 50.2 Å². The number of nitrogens with one attached hydrogen (secondary N) is 1. The van der Waals surface area contributed by atoms with Crippen LogP contribution in [0.25, 0.3) is 0 Å². The fourth-order valence-corrected chi connectivity index (χ4v) is 1.95. The maximum atomic E-state index is 11.3.